The lowest BCUT2D eigenvalue weighted by atomic mass is 9.99. The fraction of sp³-hybridized carbons (Fsp3) is 0.474. The van der Waals surface area contributed by atoms with Gasteiger partial charge in [0.1, 0.15) is 4.88 Å². The summed E-state index contributed by atoms with van der Waals surface area (Å²) in [5, 5.41) is 15.1. The lowest BCUT2D eigenvalue weighted by molar-refractivity contribution is -0.929. The van der Waals surface area contributed by atoms with Crippen molar-refractivity contribution in [2.75, 3.05) is 13.1 Å². The Labute approximate surface area is 164 Å². The second kappa shape index (κ2) is 7.36. The van der Waals surface area contributed by atoms with E-state index in [1.54, 1.807) is 0 Å². The van der Waals surface area contributed by atoms with Crippen molar-refractivity contribution in [1.82, 2.24) is 14.6 Å². The van der Waals surface area contributed by atoms with Gasteiger partial charge in [-0.15, -0.1) is 5.10 Å². The molecule has 0 aliphatic carbocycles. The molecule has 1 aliphatic heterocycles. The number of nitrogens with zero attached hydrogens (tertiary/aromatic N) is 3. The van der Waals surface area contributed by atoms with Crippen molar-refractivity contribution in [1.29, 1.82) is 0 Å². The molecule has 28 heavy (non-hydrogen) atoms. The quantitative estimate of drug-likeness (QED) is 0.693. The molecule has 1 atom stereocenters. The molecule has 0 radical (unpaired) electrons. The summed E-state index contributed by atoms with van der Waals surface area (Å²) in [6.07, 6.45) is -0.409. The van der Waals surface area contributed by atoms with E-state index in [0.717, 1.165) is 50.0 Å². The van der Waals surface area contributed by atoms with Gasteiger partial charge in [-0.1, -0.05) is 30.4 Å². The summed E-state index contributed by atoms with van der Waals surface area (Å²) in [6.45, 7) is 3.78. The molecule has 3 aromatic rings. The van der Waals surface area contributed by atoms with Gasteiger partial charge in [0.25, 0.3) is 0 Å². The maximum Gasteiger partial charge on any atom is 0.416 e. The fourth-order valence-corrected chi connectivity index (χ4v) is 5.02. The number of thiazole rings is 1. The molecule has 4 rings (SSSR count). The van der Waals surface area contributed by atoms with Gasteiger partial charge in [0.05, 0.1) is 18.7 Å². The number of benzene rings is 1. The fourth-order valence-electron chi connectivity index (χ4n) is 3.86. The van der Waals surface area contributed by atoms with E-state index >= 15 is 0 Å². The first kappa shape index (κ1) is 19.2. The third-order valence-electron chi connectivity index (χ3n) is 5.30. The van der Waals surface area contributed by atoms with Crippen molar-refractivity contribution in [2.45, 2.75) is 44.8 Å². The Bertz CT molecular complexity index is 958. The Hall–Kier alpha value is -2.13. The molecule has 0 spiro atoms. The van der Waals surface area contributed by atoms with Crippen LogP contribution < -0.4 is 4.90 Å². The summed E-state index contributed by atoms with van der Waals surface area (Å²) in [6, 6.07) is 5.06. The smallest absolute Gasteiger partial charge is 0.416 e. The number of piperidine rings is 1. The average molecular weight is 411 g/mol. The highest BCUT2D eigenvalue weighted by molar-refractivity contribution is 7.17. The molecular weight excluding hydrogens is 389 g/mol. The van der Waals surface area contributed by atoms with Crippen molar-refractivity contribution in [3.05, 3.63) is 46.1 Å². The molecule has 9 heteroatoms. The van der Waals surface area contributed by atoms with E-state index in [4.69, 9.17) is 0 Å². The van der Waals surface area contributed by atoms with Crippen LogP contribution in [0.15, 0.2) is 24.3 Å². The first-order chi connectivity index (χ1) is 13.4. The third-order valence-corrected chi connectivity index (χ3v) is 6.38. The van der Waals surface area contributed by atoms with Crippen molar-refractivity contribution < 1.29 is 23.2 Å². The minimum absolute atomic E-state index is 0.0372. The minimum atomic E-state index is -4.36. The number of quaternary nitrogens is 1. The second-order valence-corrected chi connectivity index (χ2v) is 8.15. The van der Waals surface area contributed by atoms with Gasteiger partial charge in [0, 0.05) is 12.0 Å². The van der Waals surface area contributed by atoms with E-state index in [0.29, 0.717) is 22.1 Å². The first-order valence-corrected chi connectivity index (χ1v) is 10.3. The molecule has 2 N–H and O–H groups in total. The van der Waals surface area contributed by atoms with E-state index in [1.807, 2.05) is 6.92 Å². The number of hydrogen-bond acceptors (Lipinski definition) is 4. The van der Waals surface area contributed by atoms with E-state index in [1.165, 1.54) is 32.9 Å². The van der Waals surface area contributed by atoms with Crippen LogP contribution >= 0.6 is 11.3 Å². The summed E-state index contributed by atoms with van der Waals surface area (Å²) in [7, 11) is 0. The van der Waals surface area contributed by atoms with E-state index < -0.39 is 11.7 Å². The van der Waals surface area contributed by atoms with Crippen LogP contribution in [0.2, 0.25) is 0 Å². The topological polar surface area (TPSA) is 54.9 Å². The molecule has 5 nitrogen and oxygen atoms in total. The molecular formula is C19H22F3N4OS+. The zero-order valence-electron chi connectivity index (χ0n) is 15.5. The van der Waals surface area contributed by atoms with Crippen LogP contribution in [0, 0.1) is 0 Å². The van der Waals surface area contributed by atoms with Gasteiger partial charge in [-0.3, -0.25) is 0 Å². The maximum atomic E-state index is 13.0. The Morgan fingerprint density at radius 2 is 1.86 bits per heavy atom. The molecule has 0 bridgehead atoms. The summed E-state index contributed by atoms with van der Waals surface area (Å²) in [5.74, 6) is 0.694. The van der Waals surface area contributed by atoms with Gasteiger partial charge in [-0.05, 0) is 31.4 Å². The SMILES string of the molecule is CCc1nc2sc([C@H](c3ccc(C(F)(F)F)cc3)[NH+]3CCCCC3)c(O)n2n1. The summed E-state index contributed by atoms with van der Waals surface area (Å²) < 4.78 is 40.3. The summed E-state index contributed by atoms with van der Waals surface area (Å²) in [4.78, 5) is 7.00. The number of nitrogens with one attached hydrogen (secondary N) is 1. The normalized spacial score (nSPS) is 17.3. The molecule has 1 saturated heterocycles. The highest BCUT2D eigenvalue weighted by Gasteiger charge is 2.35. The molecule has 0 saturated carbocycles. The van der Waals surface area contributed by atoms with Gasteiger partial charge < -0.3 is 10.0 Å². The van der Waals surface area contributed by atoms with Crippen LogP contribution in [0.4, 0.5) is 13.2 Å². The van der Waals surface area contributed by atoms with Crippen LogP contribution in [0.5, 0.6) is 5.88 Å². The monoisotopic (exact) mass is 411 g/mol. The van der Waals surface area contributed by atoms with Gasteiger partial charge in [-0.25, -0.2) is 4.98 Å². The standard InChI is InChI=1S/C19H21F3N4OS/c1-2-14-23-18-26(24-14)17(27)16(28-18)15(25-10-4-3-5-11-25)12-6-8-13(9-7-12)19(20,21)22/h6-9,15,27H,2-5,10-11H2,1H3/p+1/t15-/m0/s1. The van der Waals surface area contributed by atoms with Crippen LogP contribution in [0.3, 0.4) is 0 Å². The van der Waals surface area contributed by atoms with E-state index in [2.05, 4.69) is 10.1 Å². The Kier molecular flexibility index (Phi) is 5.05. The van der Waals surface area contributed by atoms with Gasteiger partial charge in [0.15, 0.2) is 11.9 Å². The van der Waals surface area contributed by atoms with Crippen molar-refractivity contribution in [2.24, 2.45) is 0 Å². The predicted molar refractivity (Wildman–Crippen MR) is 99.7 cm³/mol. The predicted octanol–water partition coefficient (Wildman–Crippen LogP) is 3.24. The van der Waals surface area contributed by atoms with Crippen LogP contribution in [0.25, 0.3) is 4.96 Å². The van der Waals surface area contributed by atoms with Crippen LogP contribution in [-0.2, 0) is 12.6 Å². The number of likely N-dealkylation sites (tertiary alicyclic amines) is 1. The van der Waals surface area contributed by atoms with Gasteiger partial charge in [0.2, 0.25) is 10.8 Å². The van der Waals surface area contributed by atoms with Gasteiger partial charge >= 0.3 is 6.18 Å². The Balaban J connectivity index is 1.78. The third kappa shape index (κ3) is 3.48. The highest BCUT2D eigenvalue weighted by atomic mass is 32.1. The van der Waals surface area contributed by atoms with Crippen molar-refractivity contribution in [3.8, 4) is 5.88 Å². The van der Waals surface area contributed by atoms with Crippen LogP contribution in [-0.4, -0.2) is 32.8 Å². The van der Waals surface area contributed by atoms with E-state index in [-0.39, 0.29) is 11.9 Å². The molecule has 1 fully saturated rings. The number of fused-ring (bicyclic) bond motifs is 1. The van der Waals surface area contributed by atoms with Gasteiger partial charge in [-0.2, -0.15) is 17.7 Å². The Morgan fingerprint density at radius 1 is 1.18 bits per heavy atom. The highest BCUT2D eigenvalue weighted by Crippen LogP contribution is 2.36. The molecule has 0 amide bonds. The van der Waals surface area contributed by atoms with Crippen molar-refractivity contribution in [3.63, 3.8) is 0 Å². The molecule has 1 aliphatic rings. The average Bonchev–Trinajstić information content (AvgIpc) is 3.22. The number of aromatic hydroxyl groups is 1. The molecule has 1 aromatic carbocycles. The maximum absolute atomic E-state index is 13.0. The zero-order chi connectivity index (χ0) is 19.9. The number of alkyl halides is 3. The molecule has 2 aromatic heterocycles. The lowest BCUT2D eigenvalue weighted by Crippen LogP contribution is -3.13. The number of halogens is 3. The number of aryl methyl sites for hydroxylation is 1. The second-order valence-electron chi connectivity index (χ2n) is 7.14. The zero-order valence-corrected chi connectivity index (χ0v) is 16.3. The first-order valence-electron chi connectivity index (χ1n) is 9.47. The Morgan fingerprint density at radius 3 is 2.43 bits per heavy atom. The minimum Gasteiger partial charge on any atom is -0.492 e. The number of rotatable bonds is 4. The number of hydrogen-bond donors (Lipinski definition) is 2. The van der Waals surface area contributed by atoms with Crippen molar-refractivity contribution >= 4 is 16.3 Å². The molecule has 3 heterocycles. The number of aromatic nitrogens is 3. The largest absolute Gasteiger partial charge is 0.492 e. The van der Waals surface area contributed by atoms with Crippen LogP contribution in [0.1, 0.15) is 54.1 Å². The lowest BCUT2D eigenvalue weighted by Gasteiger charge is -2.31. The summed E-state index contributed by atoms with van der Waals surface area (Å²) in [5.41, 5.74) is 0.100. The molecule has 0 unspecified atom stereocenters. The molecule has 150 valence electrons. The van der Waals surface area contributed by atoms with E-state index in [9.17, 15) is 18.3 Å². The summed E-state index contributed by atoms with van der Waals surface area (Å²) >= 11 is 1.36.